The van der Waals surface area contributed by atoms with Crippen LogP contribution in [0.3, 0.4) is 0 Å². The van der Waals surface area contributed by atoms with Crippen LogP contribution in [0.5, 0.6) is 0 Å². The fraction of sp³-hybridized carbons (Fsp3) is 0.714. The number of rotatable bonds is 5. The smallest absolute Gasteiger partial charge is 0.192 e. The van der Waals surface area contributed by atoms with E-state index >= 15 is 0 Å². The number of aldehydes is 1. The molecular weight excluding hydrogens is 336 g/mol. The molecule has 114 valence electrons. The number of nitrogens with zero attached hydrogens (tertiary/aromatic N) is 2. The van der Waals surface area contributed by atoms with Gasteiger partial charge in [0.2, 0.25) is 0 Å². The van der Waals surface area contributed by atoms with E-state index in [4.69, 9.17) is 4.43 Å². The quantitative estimate of drug-likeness (QED) is 0.581. The van der Waals surface area contributed by atoms with Crippen molar-refractivity contribution >= 4 is 30.5 Å². The lowest BCUT2D eigenvalue weighted by Crippen LogP contribution is -2.49. The second-order valence-corrected chi connectivity index (χ2v) is 12.9. The summed E-state index contributed by atoms with van der Waals surface area (Å²) in [6.45, 7) is 15.8. The number of halogens is 1. The van der Waals surface area contributed by atoms with E-state index in [0.29, 0.717) is 12.2 Å². The predicted molar refractivity (Wildman–Crippen MR) is 87.7 cm³/mol. The van der Waals surface area contributed by atoms with Gasteiger partial charge in [0.1, 0.15) is 5.69 Å². The van der Waals surface area contributed by atoms with Gasteiger partial charge in [-0.3, -0.25) is 9.48 Å². The van der Waals surface area contributed by atoms with Crippen LogP contribution in [-0.4, -0.2) is 30.0 Å². The second-order valence-electron chi connectivity index (χ2n) is 7.28. The maximum absolute atomic E-state index is 11.1. The molecule has 0 fully saturated rings. The molecule has 0 N–H and O–H groups in total. The van der Waals surface area contributed by atoms with Crippen LogP contribution in [0.2, 0.25) is 18.1 Å². The average molecular weight is 361 g/mol. The Morgan fingerprint density at radius 3 is 2.35 bits per heavy atom. The Hall–Kier alpha value is -0.463. The second kappa shape index (κ2) is 5.73. The summed E-state index contributed by atoms with van der Waals surface area (Å²) in [5.74, 6) is 0. The molecule has 1 aromatic heterocycles. The summed E-state index contributed by atoms with van der Waals surface area (Å²) in [6.07, 6.45) is 2.46. The maximum Gasteiger partial charge on any atom is 0.192 e. The number of carbonyl (C=O) groups excluding carboxylic acids is 1. The van der Waals surface area contributed by atoms with E-state index in [1.807, 2.05) is 0 Å². The van der Waals surface area contributed by atoms with Gasteiger partial charge in [-0.2, -0.15) is 5.10 Å². The number of hydrogen-bond donors (Lipinski definition) is 0. The molecule has 0 atom stereocenters. The minimum Gasteiger partial charge on any atom is -0.410 e. The van der Waals surface area contributed by atoms with Crippen molar-refractivity contribution in [3.05, 3.63) is 16.4 Å². The molecule has 0 aliphatic rings. The summed E-state index contributed by atoms with van der Waals surface area (Å²) in [7, 11) is -1.86. The van der Waals surface area contributed by atoms with Crippen LogP contribution in [0.4, 0.5) is 0 Å². The zero-order chi connectivity index (χ0) is 15.8. The standard InChI is InChI=1S/C14H25BrN2O2Si/c1-13(2,3)20(6,7)19-14(4,5)10-17-12(9-18)11(15)8-16-17/h8-9H,10H2,1-7H3. The van der Waals surface area contributed by atoms with E-state index in [1.54, 1.807) is 10.9 Å². The average Bonchev–Trinajstić information content (AvgIpc) is 2.54. The van der Waals surface area contributed by atoms with Gasteiger partial charge in [-0.05, 0) is 47.9 Å². The Morgan fingerprint density at radius 1 is 1.35 bits per heavy atom. The minimum atomic E-state index is -1.86. The molecule has 1 aromatic rings. The lowest BCUT2D eigenvalue weighted by molar-refractivity contribution is 0.0681. The first kappa shape index (κ1) is 17.6. The first-order chi connectivity index (χ1) is 8.89. The van der Waals surface area contributed by atoms with Gasteiger partial charge in [0.25, 0.3) is 0 Å². The molecule has 0 saturated carbocycles. The fourth-order valence-electron chi connectivity index (χ4n) is 1.85. The van der Waals surface area contributed by atoms with Gasteiger partial charge in [-0.1, -0.05) is 20.8 Å². The summed E-state index contributed by atoms with van der Waals surface area (Å²) in [5.41, 5.74) is 0.184. The molecular formula is C14H25BrN2O2Si. The van der Waals surface area contributed by atoms with Gasteiger partial charge in [0.15, 0.2) is 14.6 Å². The zero-order valence-corrected chi connectivity index (χ0v) is 16.0. The molecule has 0 aliphatic carbocycles. The molecule has 1 heterocycles. The van der Waals surface area contributed by atoms with E-state index in [9.17, 15) is 4.79 Å². The van der Waals surface area contributed by atoms with Crippen molar-refractivity contribution in [2.75, 3.05) is 0 Å². The van der Waals surface area contributed by atoms with E-state index < -0.39 is 8.32 Å². The van der Waals surface area contributed by atoms with Crippen molar-refractivity contribution in [1.82, 2.24) is 9.78 Å². The normalized spacial score (nSPS) is 13.6. The minimum absolute atomic E-state index is 0.155. The summed E-state index contributed by atoms with van der Waals surface area (Å²) in [6, 6.07) is 0. The van der Waals surface area contributed by atoms with Gasteiger partial charge in [-0.15, -0.1) is 0 Å². The first-order valence-corrected chi connectivity index (χ1v) is 10.5. The van der Waals surface area contributed by atoms with Gasteiger partial charge in [-0.25, -0.2) is 0 Å². The molecule has 0 amide bonds. The Labute approximate surface area is 131 Å². The maximum atomic E-state index is 11.1. The van der Waals surface area contributed by atoms with E-state index in [-0.39, 0.29) is 10.6 Å². The lowest BCUT2D eigenvalue weighted by atomic mass is 10.1. The highest BCUT2D eigenvalue weighted by atomic mass is 79.9. The Morgan fingerprint density at radius 2 is 1.90 bits per heavy atom. The van der Waals surface area contributed by atoms with Gasteiger partial charge in [0.05, 0.1) is 22.8 Å². The Bertz CT molecular complexity index is 490. The molecule has 6 heteroatoms. The van der Waals surface area contributed by atoms with Crippen molar-refractivity contribution in [3.63, 3.8) is 0 Å². The Kier molecular flexibility index (Phi) is 5.04. The van der Waals surface area contributed by atoms with E-state index in [1.165, 1.54) is 0 Å². The first-order valence-electron chi connectivity index (χ1n) is 6.76. The molecule has 4 nitrogen and oxygen atoms in total. The van der Waals surface area contributed by atoms with Crippen LogP contribution in [0.25, 0.3) is 0 Å². The van der Waals surface area contributed by atoms with E-state index in [2.05, 4.69) is 68.7 Å². The molecule has 0 radical (unpaired) electrons. The summed E-state index contributed by atoms with van der Waals surface area (Å²) < 4.78 is 8.87. The molecule has 0 saturated heterocycles. The number of carbonyl (C=O) groups is 1. The van der Waals surface area contributed by atoms with Crippen molar-refractivity contribution in [1.29, 1.82) is 0 Å². The SMILES string of the molecule is CC(C)(Cn1ncc(Br)c1C=O)O[Si](C)(C)C(C)(C)C. The molecule has 0 spiro atoms. The topological polar surface area (TPSA) is 44.1 Å². The molecule has 20 heavy (non-hydrogen) atoms. The van der Waals surface area contributed by atoms with Crippen LogP contribution in [0.15, 0.2) is 10.7 Å². The van der Waals surface area contributed by atoms with Crippen molar-refractivity contribution < 1.29 is 9.22 Å². The third kappa shape index (κ3) is 4.02. The number of aromatic nitrogens is 2. The van der Waals surface area contributed by atoms with Crippen molar-refractivity contribution in [3.8, 4) is 0 Å². The molecule has 0 unspecified atom stereocenters. The third-order valence-electron chi connectivity index (χ3n) is 3.81. The van der Waals surface area contributed by atoms with Crippen LogP contribution in [-0.2, 0) is 11.0 Å². The highest BCUT2D eigenvalue weighted by Gasteiger charge is 2.41. The predicted octanol–water partition coefficient (Wildman–Crippen LogP) is 4.26. The summed E-state index contributed by atoms with van der Waals surface area (Å²) in [4.78, 5) is 11.1. The molecule has 0 aliphatic heterocycles. The van der Waals surface area contributed by atoms with Crippen molar-refractivity contribution in [2.45, 2.75) is 64.9 Å². The van der Waals surface area contributed by atoms with Crippen LogP contribution >= 0.6 is 15.9 Å². The third-order valence-corrected chi connectivity index (χ3v) is 9.10. The van der Waals surface area contributed by atoms with Crippen LogP contribution in [0, 0.1) is 0 Å². The molecule has 1 rings (SSSR count). The fourth-order valence-corrected chi connectivity index (χ4v) is 3.99. The highest BCUT2D eigenvalue weighted by Crippen LogP contribution is 2.39. The molecule has 0 aromatic carbocycles. The van der Waals surface area contributed by atoms with Crippen molar-refractivity contribution in [2.24, 2.45) is 0 Å². The summed E-state index contributed by atoms with van der Waals surface area (Å²) in [5, 5.41) is 4.39. The Balaban J connectivity index is 2.93. The van der Waals surface area contributed by atoms with Crippen LogP contribution < -0.4 is 0 Å². The monoisotopic (exact) mass is 360 g/mol. The number of hydrogen-bond acceptors (Lipinski definition) is 3. The zero-order valence-electron chi connectivity index (χ0n) is 13.5. The van der Waals surface area contributed by atoms with Gasteiger partial charge in [0, 0.05) is 0 Å². The molecule has 0 bridgehead atoms. The summed E-state index contributed by atoms with van der Waals surface area (Å²) >= 11 is 3.33. The van der Waals surface area contributed by atoms with Crippen LogP contribution in [0.1, 0.15) is 45.1 Å². The van der Waals surface area contributed by atoms with E-state index in [0.717, 1.165) is 10.8 Å². The largest absolute Gasteiger partial charge is 0.410 e. The highest BCUT2D eigenvalue weighted by molar-refractivity contribution is 9.10. The lowest BCUT2D eigenvalue weighted by Gasteiger charge is -2.42. The van der Waals surface area contributed by atoms with Gasteiger partial charge >= 0.3 is 0 Å². The van der Waals surface area contributed by atoms with Gasteiger partial charge < -0.3 is 4.43 Å².